The minimum Gasteiger partial charge on any atom is -0.316 e. The molecule has 0 fully saturated rings. The Morgan fingerprint density at radius 3 is 1.91 bits per heavy atom. The molecule has 0 N–H and O–H groups in total. The van der Waals surface area contributed by atoms with E-state index in [1.54, 1.807) is 12.2 Å². The molecular weight excluding hydrogens is 163 g/mol. The van der Waals surface area contributed by atoms with Crippen LogP contribution in [0.4, 0.5) is 0 Å². The van der Waals surface area contributed by atoms with Gasteiger partial charge in [-0.2, -0.15) is 0 Å². The van der Waals surface area contributed by atoms with Crippen molar-refractivity contribution in [2.24, 2.45) is 0 Å². The number of hydrogen-bond acceptors (Lipinski definition) is 3. The second-order valence-electron chi connectivity index (χ2n) is 1.58. The summed E-state index contributed by atoms with van der Waals surface area (Å²) in [5.74, 6) is 0. The molecule has 0 amide bonds. The smallest absolute Gasteiger partial charge is 0.316 e. The summed E-state index contributed by atoms with van der Waals surface area (Å²) in [4.78, 5) is 0. The fourth-order valence-electron chi connectivity index (χ4n) is 0.370. The molecule has 0 aliphatic heterocycles. The predicted octanol–water partition coefficient (Wildman–Crippen LogP) is 2.26. The molecule has 0 saturated carbocycles. The first-order valence-corrected chi connectivity index (χ1v) is 4.26. The molecule has 0 unspecified atom stereocenters. The van der Waals surface area contributed by atoms with Crippen LogP contribution in [0.3, 0.4) is 0 Å². The molecule has 3 nitrogen and oxygen atoms in total. The SMILES string of the molecule is C=CCOP(OC)OCC=C. The van der Waals surface area contributed by atoms with Gasteiger partial charge >= 0.3 is 8.60 Å². The van der Waals surface area contributed by atoms with E-state index in [4.69, 9.17) is 13.6 Å². The number of rotatable bonds is 7. The summed E-state index contributed by atoms with van der Waals surface area (Å²) in [7, 11) is 0.327. The fraction of sp³-hybridized carbons (Fsp3) is 0.429. The summed E-state index contributed by atoms with van der Waals surface area (Å²) in [5.41, 5.74) is 0. The first kappa shape index (κ1) is 10.8. The molecule has 0 bridgehead atoms. The molecule has 64 valence electrons. The van der Waals surface area contributed by atoms with Crippen LogP contribution in [0.15, 0.2) is 25.3 Å². The van der Waals surface area contributed by atoms with Crippen molar-refractivity contribution in [3.8, 4) is 0 Å². The van der Waals surface area contributed by atoms with Crippen LogP contribution in [0.1, 0.15) is 0 Å². The molecule has 0 aromatic heterocycles. The van der Waals surface area contributed by atoms with E-state index in [1.165, 1.54) is 7.11 Å². The average molecular weight is 176 g/mol. The lowest BCUT2D eigenvalue weighted by Crippen LogP contribution is -1.92. The van der Waals surface area contributed by atoms with Crippen LogP contribution in [0, 0.1) is 0 Å². The molecule has 0 spiro atoms. The Balaban J connectivity index is 3.39. The van der Waals surface area contributed by atoms with Gasteiger partial charge in [0, 0.05) is 7.11 Å². The average Bonchev–Trinajstić information content (AvgIpc) is 2.05. The van der Waals surface area contributed by atoms with Gasteiger partial charge in [0.1, 0.15) is 0 Å². The summed E-state index contributed by atoms with van der Waals surface area (Å²) < 4.78 is 15.1. The van der Waals surface area contributed by atoms with Gasteiger partial charge in [0.05, 0.1) is 13.2 Å². The lowest BCUT2D eigenvalue weighted by atomic mass is 10.7. The van der Waals surface area contributed by atoms with Crippen molar-refractivity contribution in [2.75, 3.05) is 20.3 Å². The van der Waals surface area contributed by atoms with Gasteiger partial charge in [-0.25, -0.2) is 0 Å². The minimum atomic E-state index is -1.21. The van der Waals surface area contributed by atoms with Crippen LogP contribution >= 0.6 is 8.60 Å². The highest BCUT2D eigenvalue weighted by atomic mass is 31.2. The first-order chi connectivity index (χ1) is 5.35. The third kappa shape index (κ3) is 6.20. The van der Waals surface area contributed by atoms with Gasteiger partial charge in [-0.05, 0) is 0 Å². The quantitative estimate of drug-likeness (QED) is 0.440. The van der Waals surface area contributed by atoms with Gasteiger partial charge in [-0.15, -0.1) is 13.2 Å². The highest BCUT2D eigenvalue weighted by Gasteiger charge is 2.06. The minimum absolute atomic E-state index is 0.441. The normalized spacial score (nSPS) is 10.0. The van der Waals surface area contributed by atoms with Crippen molar-refractivity contribution in [3.05, 3.63) is 25.3 Å². The zero-order valence-corrected chi connectivity index (χ0v) is 7.55. The molecule has 0 aliphatic carbocycles. The lowest BCUT2D eigenvalue weighted by Gasteiger charge is -2.11. The predicted molar refractivity (Wildman–Crippen MR) is 46.2 cm³/mol. The maximum Gasteiger partial charge on any atom is 0.333 e. The maximum atomic E-state index is 5.10. The van der Waals surface area contributed by atoms with Gasteiger partial charge in [-0.1, -0.05) is 12.2 Å². The molecule has 0 heterocycles. The van der Waals surface area contributed by atoms with Gasteiger partial charge < -0.3 is 13.6 Å². The monoisotopic (exact) mass is 176 g/mol. The van der Waals surface area contributed by atoms with E-state index >= 15 is 0 Å². The van der Waals surface area contributed by atoms with Crippen molar-refractivity contribution in [2.45, 2.75) is 0 Å². The fourth-order valence-corrected chi connectivity index (χ4v) is 1.11. The third-order valence-electron chi connectivity index (χ3n) is 0.745. The van der Waals surface area contributed by atoms with Crippen molar-refractivity contribution in [1.82, 2.24) is 0 Å². The van der Waals surface area contributed by atoms with E-state index in [0.717, 1.165) is 0 Å². The lowest BCUT2D eigenvalue weighted by molar-refractivity contribution is 0.208. The summed E-state index contributed by atoms with van der Waals surface area (Å²) in [6, 6.07) is 0. The number of hydrogen-bond donors (Lipinski definition) is 0. The molecule has 0 aromatic rings. The summed E-state index contributed by atoms with van der Waals surface area (Å²) >= 11 is 0. The molecular formula is C7H13O3P. The molecule has 0 saturated heterocycles. The van der Waals surface area contributed by atoms with Crippen molar-refractivity contribution < 1.29 is 13.6 Å². The Labute approximate surface area is 68.7 Å². The van der Waals surface area contributed by atoms with Gasteiger partial charge in [-0.3, -0.25) is 0 Å². The molecule has 0 aromatic carbocycles. The molecule has 0 radical (unpaired) electrons. The Bertz CT molecular complexity index is 104. The Kier molecular flexibility index (Phi) is 7.74. The topological polar surface area (TPSA) is 27.7 Å². The van der Waals surface area contributed by atoms with Crippen LogP contribution < -0.4 is 0 Å². The van der Waals surface area contributed by atoms with Crippen LogP contribution in [0.25, 0.3) is 0 Å². The first-order valence-electron chi connectivity index (χ1n) is 3.17. The van der Waals surface area contributed by atoms with Crippen LogP contribution in [0.5, 0.6) is 0 Å². The second kappa shape index (κ2) is 7.89. The Morgan fingerprint density at radius 1 is 1.18 bits per heavy atom. The van der Waals surface area contributed by atoms with E-state index < -0.39 is 8.60 Å². The van der Waals surface area contributed by atoms with E-state index in [0.29, 0.717) is 13.2 Å². The van der Waals surface area contributed by atoms with Crippen molar-refractivity contribution in [1.29, 1.82) is 0 Å². The van der Waals surface area contributed by atoms with E-state index in [9.17, 15) is 0 Å². The Morgan fingerprint density at radius 2 is 1.64 bits per heavy atom. The van der Waals surface area contributed by atoms with E-state index in [2.05, 4.69) is 13.2 Å². The largest absolute Gasteiger partial charge is 0.333 e. The Hall–Kier alpha value is -0.210. The summed E-state index contributed by atoms with van der Waals surface area (Å²) in [5, 5.41) is 0. The standard InChI is InChI=1S/C7H13O3P/c1-4-6-9-11(8-3)10-7-5-2/h4-5H,1-2,6-7H2,3H3. The van der Waals surface area contributed by atoms with Crippen molar-refractivity contribution in [3.63, 3.8) is 0 Å². The molecule has 4 heteroatoms. The zero-order chi connectivity index (χ0) is 8.53. The summed E-state index contributed by atoms with van der Waals surface area (Å²) in [6.07, 6.45) is 3.29. The molecule has 11 heavy (non-hydrogen) atoms. The third-order valence-corrected chi connectivity index (χ3v) is 1.76. The molecule has 0 aliphatic rings. The summed E-state index contributed by atoms with van der Waals surface area (Å²) in [6.45, 7) is 7.88. The highest BCUT2D eigenvalue weighted by molar-refractivity contribution is 7.41. The highest BCUT2D eigenvalue weighted by Crippen LogP contribution is 2.37. The maximum absolute atomic E-state index is 5.10. The van der Waals surface area contributed by atoms with Crippen LogP contribution in [-0.4, -0.2) is 20.3 Å². The van der Waals surface area contributed by atoms with Gasteiger partial charge in [0.15, 0.2) is 0 Å². The van der Waals surface area contributed by atoms with Crippen molar-refractivity contribution >= 4 is 8.60 Å². The molecule has 0 rings (SSSR count). The second-order valence-corrected chi connectivity index (χ2v) is 2.90. The molecule has 0 atom stereocenters. The van der Waals surface area contributed by atoms with Gasteiger partial charge in [0.25, 0.3) is 0 Å². The van der Waals surface area contributed by atoms with Crippen LogP contribution in [0.2, 0.25) is 0 Å². The zero-order valence-electron chi connectivity index (χ0n) is 6.66. The van der Waals surface area contributed by atoms with Gasteiger partial charge in [0.2, 0.25) is 0 Å². The van der Waals surface area contributed by atoms with E-state index in [1.807, 2.05) is 0 Å². The van der Waals surface area contributed by atoms with Crippen LogP contribution in [-0.2, 0) is 13.6 Å². The van der Waals surface area contributed by atoms with E-state index in [-0.39, 0.29) is 0 Å².